The molecule has 37 heavy (non-hydrogen) atoms. The maximum atomic E-state index is 11.9. The van der Waals surface area contributed by atoms with Gasteiger partial charge >= 0.3 is 0 Å². The first-order valence-electron chi connectivity index (χ1n) is 12.2. The van der Waals surface area contributed by atoms with Crippen molar-refractivity contribution < 1.29 is 13.5 Å². The number of aromatic amines is 1. The quantitative estimate of drug-likeness (QED) is 0.277. The summed E-state index contributed by atoms with van der Waals surface area (Å²) in [6.07, 6.45) is 1.37. The van der Waals surface area contributed by atoms with Crippen LogP contribution >= 0.6 is 0 Å². The van der Waals surface area contributed by atoms with Crippen LogP contribution in [0.2, 0.25) is 0 Å². The van der Waals surface area contributed by atoms with Crippen LogP contribution in [0, 0.1) is 25.7 Å². The van der Waals surface area contributed by atoms with Crippen LogP contribution in [-0.4, -0.2) is 30.2 Å². The minimum absolute atomic E-state index is 0.0179. The van der Waals surface area contributed by atoms with Gasteiger partial charge in [-0.15, -0.1) is 0 Å². The lowest BCUT2D eigenvalue weighted by Gasteiger charge is -2.43. The van der Waals surface area contributed by atoms with Gasteiger partial charge in [-0.05, 0) is 68.7 Å². The highest BCUT2D eigenvalue weighted by Gasteiger charge is 2.40. The summed E-state index contributed by atoms with van der Waals surface area (Å²) >= 11 is 0. The Morgan fingerprint density at radius 2 is 1.73 bits per heavy atom. The molecule has 0 saturated heterocycles. The van der Waals surface area contributed by atoms with Gasteiger partial charge in [0.1, 0.15) is 0 Å². The van der Waals surface area contributed by atoms with Crippen molar-refractivity contribution >= 4 is 26.6 Å². The third kappa shape index (κ3) is 4.31. The molecular formula is C30H31N3O3S. The average Bonchev–Trinajstić information content (AvgIpc) is 3.23. The number of aliphatic hydroxyl groups excluding tert-OH is 1. The number of aryl methyl sites for hydroxylation is 2. The number of aromatic nitrogens is 1. The van der Waals surface area contributed by atoms with Crippen molar-refractivity contribution in [2.24, 2.45) is 5.14 Å². The Kier molecular flexibility index (Phi) is 5.95. The average molecular weight is 514 g/mol. The molecule has 5 rings (SSSR count). The van der Waals surface area contributed by atoms with Crippen LogP contribution in [0.1, 0.15) is 54.5 Å². The molecule has 0 fully saturated rings. The van der Waals surface area contributed by atoms with E-state index < -0.39 is 21.7 Å². The van der Waals surface area contributed by atoms with Crippen LogP contribution in [0.4, 0.5) is 5.69 Å². The number of sulfonamides is 1. The molecule has 5 N–H and O–H groups in total. The molecule has 7 heteroatoms. The monoisotopic (exact) mass is 513 g/mol. The molecule has 190 valence electrons. The fraction of sp³-hybridized carbons (Fsp3) is 0.267. The summed E-state index contributed by atoms with van der Waals surface area (Å²) in [6.45, 7) is 10.2. The van der Waals surface area contributed by atoms with E-state index in [1.54, 1.807) is 12.1 Å². The van der Waals surface area contributed by atoms with Gasteiger partial charge in [0.25, 0.3) is 0 Å². The van der Waals surface area contributed by atoms with E-state index in [0.717, 1.165) is 50.0 Å². The van der Waals surface area contributed by atoms with Gasteiger partial charge in [0, 0.05) is 45.4 Å². The van der Waals surface area contributed by atoms with E-state index in [-0.39, 0.29) is 10.8 Å². The van der Waals surface area contributed by atoms with Crippen LogP contribution in [0.5, 0.6) is 0 Å². The zero-order valence-electron chi connectivity index (χ0n) is 21.6. The SMILES string of the molecule is Cc1cc(-c2cccc3c(C)c[nH]c23)c(C#Cc2cccc(S(N)(=O)=O)c2)c2c1NC(C)(C)[C@H](O)[C@H]2C. The molecule has 0 spiro atoms. The van der Waals surface area contributed by atoms with Crippen molar-refractivity contribution in [3.05, 3.63) is 82.5 Å². The molecule has 0 bridgehead atoms. The summed E-state index contributed by atoms with van der Waals surface area (Å²) in [6, 6.07) is 14.7. The Bertz CT molecular complexity index is 1720. The van der Waals surface area contributed by atoms with Gasteiger partial charge in [0.15, 0.2) is 0 Å². The van der Waals surface area contributed by atoms with Crippen LogP contribution in [0.15, 0.2) is 59.6 Å². The molecule has 4 aromatic rings. The molecule has 0 amide bonds. The first kappa shape index (κ1) is 25.1. The number of rotatable bonds is 2. The van der Waals surface area contributed by atoms with Crippen molar-refractivity contribution in [1.82, 2.24) is 4.98 Å². The highest BCUT2D eigenvalue weighted by Crippen LogP contribution is 2.46. The van der Waals surface area contributed by atoms with Gasteiger partial charge in [0.2, 0.25) is 10.0 Å². The van der Waals surface area contributed by atoms with E-state index in [4.69, 9.17) is 5.14 Å². The molecule has 0 aliphatic carbocycles. The fourth-order valence-electron chi connectivity index (χ4n) is 5.40. The third-order valence-corrected chi connectivity index (χ3v) is 8.30. The fourth-order valence-corrected chi connectivity index (χ4v) is 5.95. The predicted molar refractivity (Wildman–Crippen MR) is 149 cm³/mol. The summed E-state index contributed by atoms with van der Waals surface area (Å²) < 4.78 is 23.8. The van der Waals surface area contributed by atoms with E-state index in [1.165, 1.54) is 12.1 Å². The van der Waals surface area contributed by atoms with Crippen molar-refractivity contribution in [3.8, 4) is 23.0 Å². The van der Waals surface area contributed by atoms with Crippen LogP contribution in [0.25, 0.3) is 22.0 Å². The lowest BCUT2D eigenvalue weighted by molar-refractivity contribution is 0.0868. The Labute approximate surface area is 218 Å². The lowest BCUT2D eigenvalue weighted by Crippen LogP contribution is -2.50. The summed E-state index contributed by atoms with van der Waals surface area (Å²) in [5, 5.41) is 21.2. The number of para-hydroxylation sites is 1. The zero-order chi connectivity index (χ0) is 26.7. The second-order valence-corrected chi connectivity index (χ2v) is 12.1. The summed E-state index contributed by atoms with van der Waals surface area (Å²) in [5.41, 5.74) is 7.99. The second-order valence-electron chi connectivity index (χ2n) is 10.5. The molecule has 0 saturated carbocycles. The molecule has 2 heterocycles. The highest BCUT2D eigenvalue weighted by molar-refractivity contribution is 7.89. The Morgan fingerprint density at radius 1 is 1.00 bits per heavy atom. The number of benzene rings is 3. The number of primary sulfonamides is 1. The number of H-pyrrole nitrogens is 1. The van der Waals surface area contributed by atoms with Gasteiger partial charge in [0.05, 0.1) is 22.1 Å². The van der Waals surface area contributed by atoms with E-state index >= 15 is 0 Å². The molecule has 6 nitrogen and oxygen atoms in total. The summed E-state index contributed by atoms with van der Waals surface area (Å²) in [5.74, 6) is 6.35. The predicted octanol–water partition coefficient (Wildman–Crippen LogP) is 5.17. The Balaban J connectivity index is 1.81. The van der Waals surface area contributed by atoms with E-state index in [1.807, 2.05) is 33.0 Å². The number of nitrogens with two attached hydrogens (primary N) is 1. The van der Waals surface area contributed by atoms with Crippen LogP contribution < -0.4 is 10.5 Å². The molecular weight excluding hydrogens is 482 g/mol. The molecule has 0 unspecified atom stereocenters. The second kappa shape index (κ2) is 8.77. The minimum atomic E-state index is -3.85. The molecule has 0 radical (unpaired) electrons. The van der Waals surface area contributed by atoms with Gasteiger partial charge in [-0.1, -0.05) is 43.0 Å². The topological polar surface area (TPSA) is 108 Å². The third-order valence-electron chi connectivity index (χ3n) is 7.39. The van der Waals surface area contributed by atoms with Gasteiger partial charge in [-0.25, -0.2) is 13.6 Å². The van der Waals surface area contributed by atoms with E-state index in [0.29, 0.717) is 5.56 Å². The summed E-state index contributed by atoms with van der Waals surface area (Å²) in [7, 11) is -3.85. The number of fused-ring (bicyclic) bond motifs is 2. The zero-order valence-corrected chi connectivity index (χ0v) is 22.4. The van der Waals surface area contributed by atoms with Crippen molar-refractivity contribution in [1.29, 1.82) is 0 Å². The smallest absolute Gasteiger partial charge is 0.238 e. The standard InChI is InChI=1S/C30H31N3O3S/c1-17-14-25(24-11-7-10-22-18(2)16-32-28(22)24)23(26-19(3)29(34)30(4,5)33-27(17)26)13-12-20-8-6-9-21(15-20)37(31,35)36/h6-11,14-16,19,29,32-34H,1-5H3,(H2,31,35,36)/t19-,29+/m0/s1. The summed E-state index contributed by atoms with van der Waals surface area (Å²) in [4.78, 5) is 3.44. The maximum Gasteiger partial charge on any atom is 0.238 e. The van der Waals surface area contributed by atoms with E-state index in [2.05, 4.69) is 54.2 Å². The van der Waals surface area contributed by atoms with Crippen molar-refractivity contribution in [2.75, 3.05) is 5.32 Å². The number of hydrogen-bond acceptors (Lipinski definition) is 4. The number of hydrogen-bond donors (Lipinski definition) is 4. The first-order chi connectivity index (χ1) is 17.4. The van der Waals surface area contributed by atoms with Crippen LogP contribution in [0.3, 0.4) is 0 Å². The van der Waals surface area contributed by atoms with Gasteiger partial charge in [-0.2, -0.15) is 0 Å². The Hall–Kier alpha value is -3.57. The normalized spacial score (nSPS) is 18.6. The molecule has 1 aliphatic heterocycles. The van der Waals surface area contributed by atoms with E-state index in [9.17, 15) is 13.5 Å². The maximum absolute atomic E-state index is 11.9. The Morgan fingerprint density at radius 3 is 2.46 bits per heavy atom. The van der Waals surface area contributed by atoms with Crippen LogP contribution in [-0.2, 0) is 10.0 Å². The van der Waals surface area contributed by atoms with Gasteiger partial charge in [-0.3, -0.25) is 0 Å². The van der Waals surface area contributed by atoms with Gasteiger partial charge < -0.3 is 15.4 Å². The number of aliphatic hydroxyl groups is 1. The number of nitrogens with one attached hydrogen (secondary N) is 2. The molecule has 2 atom stereocenters. The molecule has 3 aromatic carbocycles. The number of anilines is 1. The minimum Gasteiger partial charge on any atom is -0.390 e. The lowest BCUT2D eigenvalue weighted by atomic mass is 9.75. The van der Waals surface area contributed by atoms with Crippen molar-refractivity contribution in [2.45, 2.75) is 57.1 Å². The highest BCUT2D eigenvalue weighted by atomic mass is 32.2. The first-order valence-corrected chi connectivity index (χ1v) is 13.8. The molecule has 1 aromatic heterocycles. The largest absolute Gasteiger partial charge is 0.390 e. The van der Waals surface area contributed by atoms with Crippen molar-refractivity contribution in [3.63, 3.8) is 0 Å². The molecule has 1 aliphatic rings.